The van der Waals surface area contributed by atoms with Crippen molar-refractivity contribution in [2.45, 2.75) is 6.54 Å². The number of esters is 1. The third-order valence-electron chi connectivity index (χ3n) is 2.37. The molecule has 2 aromatic heterocycles. The molecule has 0 spiro atoms. The first-order chi connectivity index (χ1) is 9.54. The van der Waals surface area contributed by atoms with Gasteiger partial charge in [-0.3, -0.25) is 4.79 Å². The number of nitrogens with one attached hydrogen (secondary N) is 1. The molecule has 0 bridgehead atoms. The van der Waals surface area contributed by atoms with Gasteiger partial charge in [0.1, 0.15) is 15.4 Å². The molecule has 2 rings (SSSR count). The van der Waals surface area contributed by atoms with Crippen LogP contribution in [0.4, 0.5) is 10.7 Å². The Morgan fingerprint density at radius 1 is 1.55 bits per heavy atom. The lowest BCUT2D eigenvalue weighted by molar-refractivity contribution is 0.0603. The molecule has 10 heteroatoms. The quantitative estimate of drug-likeness (QED) is 0.664. The number of anilines is 2. The largest absolute Gasteiger partial charge is 0.465 e. The van der Waals surface area contributed by atoms with Crippen LogP contribution in [-0.2, 0) is 11.3 Å². The second-order valence-electron chi connectivity index (χ2n) is 3.61. The molecule has 0 aliphatic rings. The number of primary amides is 1. The molecular weight excluding hydrogens is 286 g/mol. The van der Waals surface area contributed by atoms with Crippen molar-refractivity contribution in [2.24, 2.45) is 5.73 Å². The van der Waals surface area contributed by atoms with Gasteiger partial charge in [-0.05, 0) is 0 Å². The van der Waals surface area contributed by atoms with Crippen LogP contribution in [0.25, 0.3) is 0 Å². The van der Waals surface area contributed by atoms with E-state index in [2.05, 4.69) is 24.7 Å². The van der Waals surface area contributed by atoms with Gasteiger partial charge in [0.05, 0.1) is 19.3 Å². The zero-order chi connectivity index (χ0) is 14.7. The summed E-state index contributed by atoms with van der Waals surface area (Å²) in [5.74, 6) is -1.000. The zero-order valence-corrected chi connectivity index (χ0v) is 11.2. The molecule has 2 heterocycles. The van der Waals surface area contributed by atoms with Gasteiger partial charge in [-0.25, -0.2) is 4.79 Å². The molecule has 0 radical (unpaired) electrons. The number of carbonyl (C=O) groups is 2. The van der Waals surface area contributed by atoms with Crippen molar-refractivity contribution in [2.75, 3.05) is 18.2 Å². The molecule has 0 fully saturated rings. The number of hydrogen-bond acceptors (Lipinski definition) is 9. The Morgan fingerprint density at radius 3 is 2.85 bits per heavy atom. The fourth-order valence-corrected chi connectivity index (χ4v) is 2.44. The Morgan fingerprint density at radius 2 is 2.30 bits per heavy atom. The predicted molar refractivity (Wildman–Crippen MR) is 70.2 cm³/mol. The van der Waals surface area contributed by atoms with Crippen molar-refractivity contribution < 1.29 is 18.8 Å². The summed E-state index contributed by atoms with van der Waals surface area (Å²) in [7, 11) is 1.21. The van der Waals surface area contributed by atoms with Gasteiger partial charge in [-0.15, -0.1) is 11.3 Å². The van der Waals surface area contributed by atoms with Gasteiger partial charge in [0.25, 0.3) is 5.91 Å². The van der Waals surface area contributed by atoms with E-state index < -0.39 is 11.9 Å². The number of methoxy groups -OCH3 is 1. The van der Waals surface area contributed by atoms with Crippen LogP contribution >= 0.6 is 11.3 Å². The van der Waals surface area contributed by atoms with Gasteiger partial charge in [0.2, 0.25) is 6.39 Å². The van der Waals surface area contributed by atoms with Crippen LogP contribution in [0.15, 0.2) is 10.9 Å². The zero-order valence-electron chi connectivity index (χ0n) is 10.4. The number of nitrogens with two attached hydrogens (primary N) is 2. The first-order valence-electron chi connectivity index (χ1n) is 5.34. The number of carbonyl (C=O) groups excluding carboxylic acids is 2. The predicted octanol–water partition coefficient (Wildman–Crippen LogP) is 0.211. The molecule has 0 atom stereocenters. The van der Waals surface area contributed by atoms with E-state index >= 15 is 0 Å². The number of nitrogen functional groups attached to an aromatic ring is 1. The summed E-state index contributed by atoms with van der Waals surface area (Å²) in [6.45, 7) is 0.193. The van der Waals surface area contributed by atoms with Gasteiger partial charge in [-0.1, -0.05) is 5.16 Å². The van der Waals surface area contributed by atoms with E-state index in [1.54, 1.807) is 0 Å². The van der Waals surface area contributed by atoms with E-state index in [-0.39, 0.29) is 22.7 Å². The third kappa shape index (κ3) is 2.54. The monoisotopic (exact) mass is 297 g/mol. The summed E-state index contributed by atoms with van der Waals surface area (Å²) in [5, 5.41) is 6.85. The number of ether oxygens (including phenoxy) is 1. The van der Waals surface area contributed by atoms with Crippen molar-refractivity contribution in [3.63, 3.8) is 0 Å². The third-order valence-corrected chi connectivity index (χ3v) is 3.55. The lowest BCUT2D eigenvalue weighted by atomic mass is 10.2. The molecular formula is C10H11N5O4S. The summed E-state index contributed by atoms with van der Waals surface area (Å²) in [6.07, 6.45) is 1.18. The van der Waals surface area contributed by atoms with Gasteiger partial charge < -0.3 is 26.0 Å². The number of hydrogen-bond donors (Lipinski definition) is 3. The number of thiophene rings is 1. The van der Waals surface area contributed by atoms with Crippen molar-refractivity contribution in [1.29, 1.82) is 0 Å². The molecule has 1 amide bonds. The van der Waals surface area contributed by atoms with E-state index in [1.807, 2.05) is 0 Å². The van der Waals surface area contributed by atoms with Crippen LogP contribution in [0.1, 0.15) is 25.9 Å². The average molecular weight is 297 g/mol. The van der Waals surface area contributed by atoms with E-state index in [4.69, 9.17) is 11.5 Å². The lowest BCUT2D eigenvalue weighted by Crippen LogP contribution is -2.13. The Kier molecular flexibility index (Phi) is 3.84. The average Bonchev–Trinajstić information content (AvgIpc) is 3.03. The lowest BCUT2D eigenvalue weighted by Gasteiger charge is -2.04. The molecule has 0 unspecified atom stereocenters. The molecule has 0 aromatic carbocycles. The van der Waals surface area contributed by atoms with Crippen LogP contribution in [0.2, 0.25) is 0 Å². The molecule has 9 nitrogen and oxygen atoms in total. The summed E-state index contributed by atoms with van der Waals surface area (Å²) < 4.78 is 9.21. The van der Waals surface area contributed by atoms with Crippen LogP contribution in [0.3, 0.4) is 0 Å². The Balaban J connectivity index is 2.32. The maximum atomic E-state index is 11.7. The second-order valence-corrected chi connectivity index (χ2v) is 4.63. The molecule has 0 saturated heterocycles. The minimum Gasteiger partial charge on any atom is -0.465 e. The maximum absolute atomic E-state index is 11.7. The van der Waals surface area contributed by atoms with E-state index in [9.17, 15) is 9.59 Å². The fourth-order valence-electron chi connectivity index (χ4n) is 1.49. The van der Waals surface area contributed by atoms with Crippen LogP contribution in [0.5, 0.6) is 0 Å². The summed E-state index contributed by atoms with van der Waals surface area (Å²) in [4.78, 5) is 26.9. The van der Waals surface area contributed by atoms with Gasteiger partial charge in [0.15, 0.2) is 5.82 Å². The highest BCUT2D eigenvalue weighted by Gasteiger charge is 2.25. The summed E-state index contributed by atoms with van der Waals surface area (Å²) in [5.41, 5.74) is 11.0. The summed E-state index contributed by atoms with van der Waals surface area (Å²) >= 11 is 0.962. The van der Waals surface area contributed by atoms with E-state index in [0.29, 0.717) is 10.8 Å². The number of nitrogens with zero attached hydrogens (tertiary/aromatic N) is 2. The van der Waals surface area contributed by atoms with Crippen LogP contribution in [0, 0.1) is 0 Å². The summed E-state index contributed by atoms with van der Waals surface area (Å²) in [6, 6.07) is 0. The Bertz CT molecular complexity index is 636. The minimum atomic E-state index is -0.717. The van der Waals surface area contributed by atoms with Crippen molar-refractivity contribution in [3.8, 4) is 0 Å². The number of aromatic nitrogens is 2. The number of rotatable bonds is 5. The first-order valence-corrected chi connectivity index (χ1v) is 6.15. The SMILES string of the molecule is COC(=O)c1c(NCc2ncon2)sc(C(N)=O)c1N. The molecule has 0 saturated carbocycles. The molecule has 2 aromatic rings. The standard InChI is InChI=1S/C10H11N5O4S/c1-18-10(17)5-6(11)7(8(12)16)20-9(5)13-2-4-14-3-19-15-4/h3,13H,2,11H2,1H3,(H2,12,16). The van der Waals surface area contributed by atoms with Crippen molar-refractivity contribution >= 4 is 33.9 Å². The second kappa shape index (κ2) is 5.57. The Hall–Kier alpha value is -2.62. The van der Waals surface area contributed by atoms with Crippen molar-refractivity contribution in [1.82, 2.24) is 10.1 Å². The minimum absolute atomic E-state index is 0.00929. The highest BCUT2D eigenvalue weighted by molar-refractivity contribution is 7.19. The first kappa shape index (κ1) is 13.8. The normalized spacial score (nSPS) is 10.2. The molecule has 106 valence electrons. The van der Waals surface area contributed by atoms with Crippen LogP contribution in [-0.4, -0.2) is 29.1 Å². The fraction of sp³-hybridized carbons (Fsp3) is 0.200. The highest BCUT2D eigenvalue weighted by Crippen LogP contribution is 2.36. The van der Waals surface area contributed by atoms with Crippen LogP contribution < -0.4 is 16.8 Å². The Labute approximate surface area is 116 Å². The highest BCUT2D eigenvalue weighted by atomic mass is 32.1. The van der Waals surface area contributed by atoms with E-state index in [0.717, 1.165) is 11.3 Å². The van der Waals surface area contributed by atoms with Crippen molar-refractivity contribution in [3.05, 3.63) is 22.7 Å². The van der Waals surface area contributed by atoms with Gasteiger partial charge in [0, 0.05) is 0 Å². The molecule has 20 heavy (non-hydrogen) atoms. The topological polar surface area (TPSA) is 146 Å². The maximum Gasteiger partial charge on any atom is 0.343 e. The van der Waals surface area contributed by atoms with Gasteiger partial charge >= 0.3 is 5.97 Å². The number of amides is 1. The molecule has 5 N–H and O–H groups in total. The van der Waals surface area contributed by atoms with E-state index in [1.165, 1.54) is 13.5 Å². The molecule has 0 aliphatic carbocycles. The molecule has 0 aliphatic heterocycles. The smallest absolute Gasteiger partial charge is 0.343 e. The van der Waals surface area contributed by atoms with Gasteiger partial charge in [-0.2, -0.15) is 4.98 Å².